The minimum absolute atomic E-state index is 0.00510. The monoisotopic (exact) mass is 525 g/mol. The van der Waals surface area contributed by atoms with Crippen LogP contribution in [0.4, 0.5) is 5.82 Å². The van der Waals surface area contributed by atoms with Gasteiger partial charge in [-0.2, -0.15) is 9.97 Å². The molecule has 0 spiro atoms. The van der Waals surface area contributed by atoms with Gasteiger partial charge in [-0.25, -0.2) is 4.98 Å². The summed E-state index contributed by atoms with van der Waals surface area (Å²) in [5.41, 5.74) is 5.33. The molecule has 3 atom stereocenters. The third kappa shape index (κ3) is 4.23. The Morgan fingerprint density at radius 2 is 1.97 bits per heavy atom. The van der Waals surface area contributed by atoms with E-state index < -0.39 is 0 Å². The molecule has 0 aromatic carbocycles. The summed E-state index contributed by atoms with van der Waals surface area (Å²) in [4.78, 5) is 38.3. The Bertz CT molecular complexity index is 1440. The van der Waals surface area contributed by atoms with Crippen molar-refractivity contribution in [1.29, 1.82) is 0 Å². The lowest BCUT2D eigenvalue weighted by Crippen LogP contribution is -2.63. The van der Waals surface area contributed by atoms with Crippen LogP contribution in [0.3, 0.4) is 0 Å². The van der Waals surface area contributed by atoms with Crippen molar-refractivity contribution in [3.05, 3.63) is 48.3 Å². The molecule has 0 radical (unpaired) electrons. The smallest absolute Gasteiger partial charge is 0.320 e. The van der Waals surface area contributed by atoms with E-state index in [1.54, 1.807) is 0 Å². The summed E-state index contributed by atoms with van der Waals surface area (Å²) in [6, 6.07) is 5.33. The van der Waals surface area contributed by atoms with E-state index >= 15 is 0 Å². The van der Waals surface area contributed by atoms with Crippen LogP contribution in [-0.4, -0.2) is 87.1 Å². The second kappa shape index (κ2) is 9.86. The van der Waals surface area contributed by atoms with Crippen molar-refractivity contribution in [3.63, 3.8) is 0 Å². The number of fused-ring (bicyclic) bond motifs is 3. The highest BCUT2D eigenvalue weighted by Gasteiger charge is 2.49. The normalized spacial score (nSPS) is 24.4. The van der Waals surface area contributed by atoms with Crippen LogP contribution in [0.5, 0.6) is 6.01 Å². The standard InChI is InChI=1S/C30H35N7O2/c1-3-27(38)36-14-12-25-26(36)17-37(25)29-22-10-11-24(23-16-31-15-19-7-4-5-9-21(19)23)32-28(22)33-30(34-29)39-18-20-8-6-13-35(20)2/h3,10-11,15-16,20,25-26H,1,4-9,12-14,17-18H2,2H3/t20-,25+,26+/m0/s1. The van der Waals surface area contributed by atoms with Gasteiger partial charge in [0.15, 0.2) is 5.65 Å². The van der Waals surface area contributed by atoms with Crippen molar-refractivity contribution in [1.82, 2.24) is 29.7 Å². The van der Waals surface area contributed by atoms with Crippen molar-refractivity contribution < 1.29 is 9.53 Å². The number of carbonyl (C=O) groups excluding carboxylic acids is 1. The van der Waals surface area contributed by atoms with Crippen LogP contribution >= 0.6 is 0 Å². The number of carbonyl (C=O) groups is 1. The third-order valence-corrected chi connectivity index (χ3v) is 9.17. The average Bonchev–Trinajstić information content (AvgIpc) is 3.52. The lowest BCUT2D eigenvalue weighted by molar-refractivity contribution is -0.127. The summed E-state index contributed by atoms with van der Waals surface area (Å²) in [6.07, 6.45) is 13.1. The predicted octanol–water partition coefficient (Wildman–Crippen LogP) is 3.41. The summed E-state index contributed by atoms with van der Waals surface area (Å²) in [7, 11) is 2.15. The quantitative estimate of drug-likeness (QED) is 0.453. The molecule has 0 bridgehead atoms. The van der Waals surface area contributed by atoms with Gasteiger partial charge in [0.2, 0.25) is 5.91 Å². The highest BCUT2D eigenvalue weighted by molar-refractivity contribution is 5.91. The molecule has 0 saturated carbocycles. The third-order valence-electron chi connectivity index (χ3n) is 9.17. The SMILES string of the molecule is C=CC(=O)N1CC[C@@H]2[C@H]1CN2c1nc(OC[C@@H]2CCCN2C)nc2nc(-c3cncc4c3CCCC4)ccc12. The zero-order valence-electron chi connectivity index (χ0n) is 22.6. The minimum Gasteiger partial charge on any atom is -0.462 e. The maximum atomic E-state index is 12.4. The van der Waals surface area contributed by atoms with Crippen molar-refractivity contribution >= 4 is 22.8 Å². The van der Waals surface area contributed by atoms with Crippen LogP contribution in [-0.2, 0) is 17.6 Å². The van der Waals surface area contributed by atoms with Crippen LogP contribution in [0.25, 0.3) is 22.3 Å². The van der Waals surface area contributed by atoms with Crippen LogP contribution in [0.15, 0.2) is 37.2 Å². The molecule has 7 rings (SSSR count). The van der Waals surface area contributed by atoms with Crippen LogP contribution in [0, 0.1) is 0 Å². The molecular formula is C30H35N7O2. The van der Waals surface area contributed by atoms with Gasteiger partial charge >= 0.3 is 6.01 Å². The van der Waals surface area contributed by atoms with Crippen LogP contribution in [0.2, 0.25) is 0 Å². The van der Waals surface area contributed by atoms with E-state index in [4.69, 9.17) is 19.7 Å². The number of aryl methyl sites for hydroxylation is 1. The maximum Gasteiger partial charge on any atom is 0.320 e. The fraction of sp³-hybridized carbons (Fsp3) is 0.500. The molecule has 3 aromatic heterocycles. The van der Waals surface area contributed by atoms with Gasteiger partial charge in [0.05, 0.1) is 23.2 Å². The zero-order valence-corrected chi connectivity index (χ0v) is 22.6. The summed E-state index contributed by atoms with van der Waals surface area (Å²) in [5.74, 6) is 0.849. The van der Waals surface area contributed by atoms with Crippen molar-refractivity contribution in [2.75, 3.05) is 38.2 Å². The summed E-state index contributed by atoms with van der Waals surface area (Å²) in [6.45, 7) is 6.81. The summed E-state index contributed by atoms with van der Waals surface area (Å²) in [5, 5.41) is 0.911. The largest absolute Gasteiger partial charge is 0.462 e. The predicted molar refractivity (Wildman–Crippen MR) is 150 cm³/mol. The molecule has 0 N–H and O–H groups in total. The van der Waals surface area contributed by atoms with Gasteiger partial charge < -0.3 is 19.4 Å². The first kappa shape index (κ1) is 24.5. The zero-order chi connectivity index (χ0) is 26.5. The molecule has 0 unspecified atom stereocenters. The van der Waals surface area contributed by atoms with E-state index in [0.29, 0.717) is 24.3 Å². The van der Waals surface area contributed by atoms with E-state index in [1.165, 1.54) is 36.5 Å². The lowest BCUT2D eigenvalue weighted by Gasteiger charge is -2.47. The Balaban J connectivity index is 1.26. The number of likely N-dealkylation sites (tertiary alicyclic amines) is 2. The van der Waals surface area contributed by atoms with Gasteiger partial charge in [-0.3, -0.25) is 9.78 Å². The van der Waals surface area contributed by atoms with Crippen molar-refractivity contribution in [2.24, 2.45) is 0 Å². The molecule has 4 aliphatic rings. The molecule has 3 aliphatic heterocycles. The lowest BCUT2D eigenvalue weighted by atomic mass is 9.89. The molecule has 39 heavy (non-hydrogen) atoms. The number of ether oxygens (including phenoxy) is 1. The highest BCUT2D eigenvalue weighted by atomic mass is 16.5. The fourth-order valence-electron chi connectivity index (χ4n) is 6.90. The van der Waals surface area contributed by atoms with Gasteiger partial charge in [0.1, 0.15) is 12.4 Å². The number of likely N-dealkylation sites (N-methyl/N-ethyl adjacent to an activating group) is 1. The Labute approximate surface area is 228 Å². The van der Waals surface area contributed by atoms with Gasteiger partial charge in [-0.05, 0) is 87.9 Å². The summed E-state index contributed by atoms with van der Waals surface area (Å²) < 4.78 is 6.23. The molecule has 202 valence electrons. The number of rotatable bonds is 6. The molecular weight excluding hydrogens is 490 g/mol. The first-order valence-electron chi connectivity index (χ1n) is 14.3. The molecule has 6 heterocycles. The van der Waals surface area contributed by atoms with E-state index in [1.807, 2.05) is 17.3 Å². The Morgan fingerprint density at radius 1 is 1.08 bits per heavy atom. The van der Waals surface area contributed by atoms with E-state index in [2.05, 4.69) is 40.5 Å². The Morgan fingerprint density at radius 3 is 2.82 bits per heavy atom. The first-order valence-corrected chi connectivity index (χ1v) is 14.3. The number of hydrogen-bond donors (Lipinski definition) is 0. The second-order valence-corrected chi connectivity index (χ2v) is 11.3. The highest BCUT2D eigenvalue weighted by Crippen LogP contribution is 2.40. The average molecular weight is 526 g/mol. The molecule has 1 amide bonds. The van der Waals surface area contributed by atoms with Crippen LogP contribution < -0.4 is 9.64 Å². The first-order chi connectivity index (χ1) is 19.1. The molecule has 3 fully saturated rings. The number of anilines is 1. The van der Waals surface area contributed by atoms with Crippen molar-refractivity contribution in [2.45, 2.75) is 63.1 Å². The maximum absolute atomic E-state index is 12.4. The van der Waals surface area contributed by atoms with Gasteiger partial charge in [0.25, 0.3) is 0 Å². The fourth-order valence-corrected chi connectivity index (χ4v) is 6.90. The topological polar surface area (TPSA) is 87.6 Å². The number of pyridine rings is 2. The number of amides is 1. The molecule has 9 nitrogen and oxygen atoms in total. The van der Waals surface area contributed by atoms with Gasteiger partial charge in [0, 0.05) is 37.1 Å². The molecule has 9 heteroatoms. The van der Waals surface area contributed by atoms with Gasteiger partial charge in [-0.15, -0.1) is 0 Å². The van der Waals surface area contributed by atoms with Gasteiger partial charge in [-0.1, -0.05) is 6.58 Å². The minimum atomic E-state index is 0.00510. The number of nitrogens with zero attached hydrogens (tertiary/aromatic N) is 7. The molecule has 3 saturated heterocycles. The molecule has 1 aliphatic carbocycles. The number of aromatic nitrogens is 4. The molecule has 3 aromatic rings. The Hall–Kier alpha value is -3.59. The van der Waals surface area contributed by atoms with E-state index in [9.17, 15) is 4.79 Å². The van der Waals surface area contributed by atoms with Crippen molar-refractivity contribution in [3.8, 4) is 17.3 Å². The second-order valence-electron chi connectivity index (χ2n) is 11.3. The van der Waals surface area contributed by atoms with E-state index in [-0.39, 0.29) is 18.0 Å². The van der Waals surface area contributed by atoms with Crippen LogP contribution in [0.1, 0.15) is 43.2 Å². The number of hydrogen-bond acceptors (Lipinski definition) is 8. The van der Waals surface area contributed by atoms with E-state index in [0.717, 1.165) is 67.8 Å². The Kier molecular flexibility index (Phi) is 6.18. The summed E-state index contributed by atoms with van der Waals surface area (Å²) >= 11 is 0.